The summed E-state index contributed by atoms with van der Waals surface area (Å²) in [5.74, 6) is -0.214. The number of hydrogen-bond donors (Lipinski definition) is 2. The molecule has 4 rings (SSSR count). The summed E-state index contributed by atoms with van der Waals surface area (Å²) in [6.45, 7) is 5.20. The maximum absolute atomic E-state index is 12.9. The van der Waals surface area contributed by atoms with Gasteiger partial charge in [-0.3, -0.25) is 19.0 Å². The Balaban J connectivity index is 1.48. The van der Waals surface area contributed by atoms with Gasteiger partial charge in [0.05, 0.1) is 0 Å². The Hall–Kier alpha value is -3.27. The van der Waals surface area contributed by atoms with E-state index in [0.29, 0.717) is 29.1 Å². The number of carbonyl (C=O) groups is 2. The van der Waals surface area contributed by atoms with Crippen LogP contribution in [0.1, 0.15) is 24.0 Å². The lowest BCUT2D eigenvalue weighted by molar-refractivity contribution is -0.125. The normalized spacial score (nSPS) is 14.5. The zero-order chi connectivity index (χ0) is 22.8. The summed E-state index contributed by atoms with van der Waals surface area (Å²) in [6.07, 6.45) is 2.85. The van der Waals surface area contributed by atoms with Gasteiger partial charge in [-0.2, -0.15) is 4.98 Å². The number of benzene rings is 1. The summed E-state index contributed by atoms with van der Waals surface area (Å²) in [7, 11) is 1.65. The van der Waals surface area contributed by atoms with E-state index in [9.17, 15) is 14.4 Å². The van der Waals surface area contributed by atoms with Crippen LogP contribution >= 0.6 is 11.3 Å². The van der Waals surface area contributed by atoms with Gasteiger partial charge in [0.2, 0.25) is 11.8 Å². The summed E-state index contributed by atoms with van der Waals surface area (Å²) < 4.78 is 1.73. The van der Waals surface area contributed by atoms with Crippen molar-refractivity contribution >= 4 is 44.3 Å². The summed E-state index contributed by atoms with van der Waals surface area (Å²) in [6, 6.07) is 5.80. The van der Waals surface area contributed by atoms with E-state index in [1.54, 1.807) is 7.05 Å². The zero-order valence-electron chi connectivity index (χ0n) is 18.3. The third kappa shape index (κ3) is 4.64. The second-order valence-electron chi connectivity index (χ2n) is 8.13. The van der Waals surface area contributed by atoms with Crippen molar-refractivity contribution in [3.05, 3.63) is 46.0 Å². The van der Waals surface area contributed by atoms with E-state index in [0.717, 1.165) is 29.1 Å². The van der Waals surface area contributed by atoms with Crippen molar-refractivity contribution in [2.45, 2.75) is 33.2 Å². The lowest BCUT2D eigenvalue weighted by atomic mass is 9.96. The number of piperidine rings is 1. The van der Waals surface area contributed by atoms with Crippen LogP contribution < -0.4 is 21.1 Å². The van der Waals surface area contributed by atoms with Crippen molar-refractivity contribution in [3.63, 3.8) is 0 Å². The molecule has 3 aromatic rings. The molecule has 1 aliphatic rings. The predicted octanol–water partition coefficient (Wildman–Crippen LogP) is 2.07. The van der Waals surface area contributed by atoms with E-state index >= 15 is 0 Å². The Kier molecular flexibility index (Phi) is 6.22. The number of carbonyl (C=O) groups excluding carboxylic acids is 2. The third-order valence-corrected chi connectivity index (χ3v) is 6.67. The van der Waals surface area contributed by atoms with Gasteiger partial charge in [-0.1, -0.05) is 17.4 Å². The Morgan fingerprint density at radius 3 is 2.50 bits per heavy atom. The average molecular weight is 455 g/mol. The highest BCUT2D eigenvalue weighted by molar-refractivity contribution is 7.22. The molecule has 2 amide bonds. The summed E-state index contributed by atoms with van der Waals surface area (Å²) in [5.41, 5.74) is 2.91. The third-order valence-electron chi connectivity index (χ3n) is 5.57. The van der Waals surface area contributed by atoms with Crippen molar-refractivity contribution in [1.29, 1.82) is 0 Å². The van der Waals surface area contributed by atoms with Crippen LogP contribution in [-0.4, -0.2) is 46.5 Å². The molecule has 0 saturated carbocycles. The van der Waals surface area contributed by atoms with Crippen LogP contribution in [0, 0.1) is 19.8 Å². The molecule has 32 heavy (non-hydrogen) atoms. The van der Waals surface area contributed by atoms with Gasteiger partial charge >= 0.3 is 0 Å². The molecular weight excluding hydrogens is 428 g/mol. The molecule has 1 aliphatic heterocycles. The van der Waals surface area contributed by atoms with E-state index < -0.39 is 0 Å². The largest absolute Gasteiger partial charge is 0.359 e. The molecule has 3 heterocycles. The van der Waals surface area contributed by atoms with E-state index in [4.69, 9.17) is 0 Å². The van der Waals surface area contributed by atoms with E-state index in [2.05, 4.69) is 25.5 Å². The van der Waals surface area contributed by atoms with Gasteiger partial charge in [-0.05, 0) is 49.9 Å². The molecule has 1 aromatic carbocycles. The van der Waals surface area contributed by atoms with Crippen molar-refractivity contribution in [3.8, 4) is 0 Å². The highest BCUT2D eigenvalue weighted by Crippen LogP contribution is 2.29. The smallest absolute Gasteiger partial charge is 0.273 e. The molecular formula is C22H26N6O3S. The SMILES string of the molecule is CNC(=O)C1CCN(c2nc3ncn(CC(=O)Nc4cc(C)cc(C)c4)c(=O)c3s2)CC1. The Morgan fingerprint density at radius 1 is 1.16 bits per heavy atom. The van der Waals surface area contributed by atoms with Gasteiger partial charge in [0, 0.05) is 31.7 Å². The number of nitrogens with zero attached hydrogens (tertiary/aromatic N) is 4. The molecule has 2 aromatic heterocycles. The lowest BCUT2D eigenvalue weighted by Gasteiger charge is -2.30. The summed E-state index contributed by atoms with van der Waals surface area (Å²) in [5, 5.41) is 6.27. The second kappa shape index (κ2) is 9.07. The molecule has 0 bridgehead atoms. The maximum atomic E-state index is 12.9. The molecule has 2 N–H and O–H groups in total. The molecule has 9 nitrogen and oxygen atoms in total. The summed E-state index contributed by atoms with van der Waals surface area (Å²) in [4.78, 5) is 48.2. The molecule has 0 aliphatic carbocycles. The van der Waals surface area contributed by atoms with Crippen LogP contribution in [0.15, 0.2) is 29.3 Å². The predicted molar refractivity (Wildman–Crippen MR) is 125 cm³/mol. The maximum Gasteiger partial charge on any atom is 0.273 e. The van der Waals surface area contributed by atoms with Gasteiger partial charge in [0.15, 0.2) is 10.8 Å². The number of anilines is 2. The zero-order valence-corrected chi connectivity index (χ0v) is 19.2. The molecule has 0 radical (unpaired) electrons. The average Bonchev–Trinajstić information content (AvgIpc) is 3.20. The number of rotatable bonds is 5. The first kappa shape index (κ1) is 21.9. The number of amides is 2. The second-order valence-corrected chi connectivity index (χ2v) is 9.10. The standard InChI is InChI=1S/C22H26N6O3S/c1-13-8-14(2)10-16(9-13)25-17(29)11-28-12-24-19-18(21(28)31)32-22(26-19)27-6-4-15(5-7-27)20(30)23-3/h8-10,12,15H,4-7,11H2,1-3H3,(H,23,30)(H,25,29). The first-order valence-corrected chi connectivity index (χ1v) is 11.4. The van der Waals surface area contributed by atoms with Crippen molar-refractivity contribution < 1.29 is 9.59 Å². The van der Waals surface area contributed by atoms with Gasteiger partial charge in [-0.15, -0.1) is 0 Å². The van der Waals surface area contributed by atoms with E-state index in [1.165, 1.54) is 22.2 Å². The first-order valence-electron chi connectivity index (χ1n) is 10.5. The quantitative estimate of drug-likeness (QED) is 0.611. The van der Waals surface area contributed by atoms with E-state index in [-0.39, 0.29) is 29.8 Å². The molecule has 0 unspecified atom stereocenters. The van der Waals surface area contributed by atoms with Crippen molar-refractivity contribution in [1.82, 2.24) is 19.9 Å². The van der Waals surface area contributed by atoms with Crippen molar-refractivity contribution in [2.24, 2.45) is 5.92 Å². The molecule has 1 fully saturated rings. The van der Waals surface area contributed by atoms with E-state index in [1.807, 2.05) is 32.0 Å². The lowest BCUT2D eigenvalue weighted by Crippen LogP contribution is -2.39. The molecule has 1 saturated heterocycles. The molecule has 0 atom stereocenters. The monoisotopic (exact) mass is 454 g/mol. The Bertz CT molecular complexity index is 1210. The topological polar surface area (TPSA) is 109 Å². The Labute approximate surface area is 189 Å². The minimum atomic E-state index is -0.292. The number of aryl methyl sites for hydroxylation is 2. The number of thiazole rings is 1. The fourth-order valence-electron chi connectivity index (χ4n) is 4.02. The first-order chi connectivity index (χ1) is 15.3. The molecule has 10 heteroatoms. The van der Waals surface area contributed by atoms with Crippen molar-refractivity contribution in [2.75, 3.05) is 30.4 Å². The highest BCUT2D eigenvalue weighted by atomic mass is 32.1. The fourth-order valence-corrected chi connectivity index (χ4v) is 5.04. The highest BCUT2D eigenvalue weighted by Gasteiger charge is 2.26. The minimum Gasteiger partial charge on any atom is -0.359 e. The van der Waals surface area contributed by atoms with Crippen LogP contribution in [-0.2, 0) is 16.1 Å². The number of hydrogen-bond acceptors (Lipinski definition) is 7. The minimum absolute atomic E-state index is 0.0108. The number of nitrogens with one attached hydrogen (secondary N) is 2. The molecule has 0 spiro atoms. The van der Waals surface area contributed by atoms with Crippen LogP contribution in [0.25, 0.3) is 10.3 Å². The Morgan fingerprint density at radius 2 is 1.84 bits per heavy atom. The number of fused-ring (bicyclic) bond motifs is 1. The van der Waals surface area contributed by atoms with Crippen LogP contribution in [0.3, 0.4) is 0 Å². The van der Waals surface area contributed by atoms with Gasteiger partial charge in [0.1, 0.15) is 17.6 Å². The number of aromatic nitrogens is 3. The van der Waals surface area contributed by atoms with Gasteiger partial charge in [-0.25, -0.2) is 4.98 Å². The van der Waals surface area contributed by atoms with Crippen LogP contribution in [0.2, 0.25) is 0 Å². The van der Waals surface area contributed by atoms with Gasteiger partial charge < -0.3 is 15.5 Å². The summed E-state index contributed by atoms with van der Waals surface area (Å²) >= 11 is 1.28. The van der Waals surface area contributed by atoms with Gasteiger partial charge in [0.25, 0.3) is 5.56 Å². The van der Waals surface area contributed by atoms with Crippen LogP contribution in [0.4, 0.5) is 10.8 Å². The molecule has 168 valence electrons. The van der Waals surface area contributed by atoms with Crippen LogP contribution in [0.5, 0.6) is 0 Å². The fraction of sp³-hybridized carbons (Fsp3) is 0.409.